The Morgan fingerprint density at radius 1 is 0.889 bits per heavy atom. The second-order valence-electron chi connectivity index (χ2n) is 8.29. The van der Waals surface area contributed by atoms with Crippen molar-refractivity contribution in [3.63, 3.8) is 0 Å². The summed E-state index contributed by atoms with van der Waals surface area (Å²) in [5.41, 5.74) is 1.56. The van der Waals surface area contributed by atoms with E-state index in [4.69, 9.17) is 26.4 Å². The number of methoxy groups -OCH3 is 3. The molecule has 2 aliphatic rings. The number of thioether (sulfide) groups is 2. The minimum Gasteiger partial charge on any atom is -0.497 e. The molecular formula is C26H23NO6S3. The van der Waals surface area contributed by atoms with Crippen LogP contribution in [0.3, 0.4) is 0 Å². The molecule has 10 heteroatoms. The van der Waals surface area contributed by atoms with Gasteiger partial charge in [0.05, 0.1) is 41.7 Å². The summed E-state index contributed by atoms with van der Waals surface area (Å²) in [6.45, 7) is 3.76. The van der Waals surface area contributed by atoms with Crippen molar-refractivity contribution >= 4 is 69.7 Å². The molecule has 0 atom stereocenters. The summed E-state index contributed by atoms with van der Waals surface area (Å²) in [5, 5.41) is 0. The van der Waals surface area contributed by atoms with E-state index in [1.54, 1.807) is 36.3 Å². The SMILES string of the molecule is COC(=O)C1=C(C(=O)OC)SC(=C2C(=S)C(C)(C)N(C(=O)c3ccccc3)c3ccc(OC)cc32)S1. The lowest BCUT2D eigenvalue weighted by Crippen LogP contribution is -2.55. The van der Waals surface area contributed by atoms with E-state index >= 15 is 0 Å². The number of ether oxygens (including phenoxy) is 3. The summed E-state index contributed by atoms with van der Waals surface area (Å²) in [6.07, 6.45) is 0. The van der Waals surface area contributed by atoms with Gasteiger partial charge in [0.15, 0.2) is 0 Å². The van der Waals surface area contributed by atoms with Gasteiger partial charge >= 0.3 is 11.9 Å². The molecule has 0 radical (unpaired) electrons. The molecular weight excluding hydrogens is 518 g/mol. The number of esters is 2. The van der Waals surface area contributed by atoms with Gasteiger partial charge in [-0.3, -0.25) is 9.69 Å². The monoisotopic (exact) mass is 541 g/mol. The van der Waals surface area contributed by atoms with Gasteiger partial charge in [-0.05, 0) is 44.2 Å². The summed E-state index contributed by atoms with van der Waals surface area (Å²) in [5.74, 6) is -0.912. The molecule has 2 aliphatic heterocycles. The largest absolute Gasteiger partial charge is 0.497 e. The maximum absolute atomic E-state index is 13.7. The highest BCUT2D eigenvalue weighted by atomic mass is 32.2. The predicted molar refractivity (Wildman–Crippen MR) is 146 cm³/mol. The fraction of sp³-hybridized carbons (Fsp3) is 0.231. The number of carbonyl (C=O) groups excluding carboxylic acids is 3. The molecule has 186 valence electrons. The quantitative estimate of drug-likeness (QED) is 0.294. The predicted octanol–water partition coefficient (Wildman–Crippen LogP) is 5.21. The number of hydrogen-bond acceptors (Lipinski definition) is 9. The summed E-state index contributed by atoms with van der Waals surface area (Å²) in [4.78, 5) is 41.1. The Morgan fingerprint density at radius 3 is 2.00 bits per heavy atom. The van der Waals surface area contributed by atoms with Crippen molar-refractivity contribution in [3.05, 3.63) is 73.7 Å². The van der Waals surface area contributed by atoms with E-state index in [2.05, 4.69) is 0 Å². The number of amides is 1. The number of nitrogens with zero attached hydrogens (tertiary/aromatic N) is 1. The second kappa shape index (κ2) is 10.1. The molecule has 2 aromatic rings. The van der Waals surface area contributed by atoms with E-state index in [1.807, 2.05) is 38.1 Å². The molecule has 36 heavy (non-hydrogen) atoms. The number of carbonyl (C=O) groups is 3. The Bertz CT molecular complexity index is 1320. The molecule has 0 fully saturated rings. The number of rotatable bonds is 4. The topological polar surface area (TPSA) is 82.1 Å². The van der Waals surface area contributed by atoms with Crippen molar-refractivity contribution in [2.75, 3.05) is 26.2 Å². The molecule has 4 rings (SSSR count). The molecule has 2 aromatic carbocycles. The van der Waals surface area contributed by atoms with Crippen LogP contribution in [0.2, 0.25) is 0 Å². The van der Waals surface area contributed by atoms with Gasteiger partial charge in [-0.25, -0.2) is 9.59 Å². The molecule has 0 bridgehead atoms. The van der Waals surface area contributed by atoms with E-state index in [-0.39, 0.29) is 15.7 Å². The molecule has 0 aliphatic carbocycles. The van der Waals surface area contributed by atoms with Crippen molar-refractivity contribution in [1.82, 2.24) is 0 Å². The number of thiocarbonyl (C=S) groups is 1. The fourth-order valence-corrected chi connectivity index (χ4v) is 7.03. The van der Waals surface area contributed by atoms with Gasteiger partial charge < -0.3 is 14.2 Å². The summed E-state index contributed by atoms with van der Waals surface area (Å²) < 4.78 is 15.9. The first-order valence-corrected chi connectivity index (χ1v) is 12.8. The lowest BCUT2D eigenvalue weighted by molar-refractivity contribution is -0.138. The highest BCUT2D eigenvalue weighted by Gasteiger charge is 2.46. The summed E-state index contributed by atoms with van der Waals surface area (Å²) in [6, 6.07) is 14.4. The zero-order valence-electron chi connectivity index (χ0n) is 20.2. The molecule has 0 saturated heterocycles. The van der Waals surface area contributed by atoms with Crippen molar-refractivity contribution in [1.29, 1.82) is 0 Å². The van der Waals surface area contributed by atoms with E-state index in [0.29, 0.717) is 37.2 Å². The normalized spacial score (nSPS) is 16.6. The smallest absolute Gasteiger partial charge is 0.346 e. The molecule has 2 heterocycles. The lowest BCUT2D eigenvalue weighted by atomic mass is 9.82. The maximum Gasteiger partial charge on any atom is 0.346 e. The molecule has 0 saturated carbocycles. The van der Waals surface area contributed by atoms with Crippen molar-refractivity contribution in [2.45, 2.75) is 19.4 Å². The minimum absolute atomic E-state index is 0.129. The average Bonchev–Trinajstić information content (AvgIpc) is 3.33. The fourth-order valence-electron chi connectivity index (χ4n) is 4.00. The second-order valence-corrected chi connectivity index (χ2v) is 11.0. The van der Waals surface area contributed by atoms with Crippen LogP contribution in [0, 0.1) is 0 Å². The van der Waals surface area contributed by atoms with Crippen LogP contribution >= 0.6 is 35.7 Å². The highest BCUT2D eigenvalue weighted by molar-refractivity contribution is 8.29. The van der Waals surface area contributed by atoms with Crippen LogP contribution in [0.15, 0.2) is 62.6 Å². The molecule has 7 nitrogen and oxygen atoms in total. The Kier molecular flexibility index (Phi) is 7.31. The Morgan fingerprint density at radius 2 is 1.47 bits per heavy atom. The zero-order valence-corrected chi connectivity index (χ0v) is 22.7. The van der Waals surface area contributed by atoms with Crippen molar-refractivity contribution < 1.29 is 28.6 Å². The van der Waals surface area contributed by atoms with Crippen LogP contribution in [-0.2, 0) is 19.1 Å². The highest BCUT2D eigenvalue weighted by Crippen LogP contribution is 2.56. The van der Waals surface area contributed by atoms with Gasteiger partial charge in [0.25, 0.3) is 5.91 Å². The molecule has 1 amide bonds. The maximum atomic E-state index is 13.7. The number of benzene rings is 2. The van der Waals surface area contributed by atoms with Gasteiger partial charge in [0.2, 0.25) is 0 Å². The molecule has 0 aromatic heterocycles. The summed E-state index contributed by atoms with van der Waals surface area (Å²) in [7, 11) is 4.06. The average molecular weight is 542 g/mol. The van der Waals surface area contributed by atoms with Gasteiger partial charge in [0.1, 0.15) is 15.6 Å². The van der Waals surface area contributed by atoms with E-state index in [0.717, 1.165) is 23.5 Å². The van der Waals surface area contributed by atoms with Crippen LogP contribution < -0.4 is 9.64 Å². The first-order valence-electron chi connectivity index (χ1n) is 10.8. The van der Waals surface area contributed by atoms with Gasteiger partial charge in [-0.2, -0.15) is 0 Å². The van der Waals surface area contributed by atoms with E-state index in [9.17, 15) is 14.4 Å². The molecule has 0 N–H and O–H groups in total. The standard InChI is InChI=1S/C26H23NO6S3/c1-26(2)21(34)18(25-35-19(23(29)32-4)20(36-25)24(30)33-5)16-13-15(31-3)11-12-17(16)27(26)22(28)14-9-7-6-8-10-14/h6-13H,1-5H3. The minimum atomic E-state index is -0.910. The Balaban J connectivity index is 1.94. The molecule has 0 spiro atoms. The third-order valence-electron chi connectivity index (χ3n) is 5.82. The zero-order chi connectivity index (χ0) is 26.2. The van der Waals surface area contributed by atoms with Crippen LogP contribution in [0.5, 0.6) is 5.75 Å². The van der Waals surface area contributed by atoms with E-state index < -0.39 is 17.5 Å². The molecule has 0 unspecified atom stereocenters. The Labute approximate surface area is 222 Å². The van der Waals surface area contributed by atoms with Crippen LogP contribution in [0.4, 0.5) is 5.69 Å². The first kappa shape index (κ1) is 26.0. The third kappa shape index (κ3) is 4.33. The number of hydrogen-bond donors (Lipinski definition) is 0. The third-order valence-corrected chi connectivity index (χ3v) is 9.08. The van der Waals surface area contributed by atoms with Crippen LogP contribution in [0.25, 0.3) is 5.57 Å². The lowest BCUT2D eigenvalue weighted by Gasteiger charge is -2.45. The Hall–Kier alpha value is -3.08. The first-order chi connectivity index (χ1) is 17.1. The van der Waals surface area contributed by atoms with E-state index in [1.165, 1.54) is 14.2 Å². The number of fused-ring (bicyclic) bond motifs is 1. The van der Waals surface area contributed by atoms with Crippen molar-refractivity contribution in [2.24, 2.45) is 0 Å². The van der Waals surface area contributed by atoms with Crippen molar-refractivity contribution in [3.8, 4) is 5.75 Å². The van der Waals surface area contributed by atoms with Crippen LogP contribution in [0.1, 0.15) is 29.8 Å². The summed E-state index contributed by atoms with van der Waals surface area (Å²) >= 11 is 8.21. The van der Waals surface area contributed by atoms with Gasteiger partial charge in [-0.15, -0.1) is 0 Å². The van der Waals surface area contributed by atoms with Crippen LogP contribution in [-0.4, -0.2) is 49.6 Å². The van der Waals surface area contributed by atoms with Gasteiger partial charge in [0, 0.05) is 16.7 Å². The number of anilines is 1. The van der Waals surface area contributed by atoms with Gasteiger partial charge in [-0.1, -0.05) is 53.9 Å².